The standard InChI is InChI=1S/C6H6O8S2.Na/c7-15(8,9)13-5-3-1-2-4-6(5)14-16(10,11)12;/h1-4H,(H,7,8,9)(H,10,11,12);. The Kier molecular flexibility index (Phi) is 5.87. The minimum absolute atomic E-state index is 0. The first-order valence-corrected chi connectivity index (χ1v) is 6.33. The van der Waals surface area contributed by atoms with Gasteiger partial charge in [-0.1, -0.05) is 12.1 Å². The van der Waals surface area contributed by atoms with E-state index >= 15 is 0 Å². The molecule has 0 aromatic heterocycles. The molecule has 17 heavy (non-hydrogen) atoms. The predicted molar refractivity (Wildman–Crippen MR) is 56.5 cm³/mol. The number of hydrogen-bond donors (Lipinski definition) is 2. The van der Waals surface area contributed by atoms with Crippen LogP contribution in [0.4, 0.5) is 0 Å². The molecule has 0 atom stereocenters. The molecule has 2 N–H and O–H groups in total. The van der Waals surface area contributed by atoms with Gasteiger partial charge in [-0.3, -0.25) is 9.11 Å². The maximum absolute atomic E-state index is 10.4. The fraction of sp³-hybridized carbons (Fsp3) is 0. The molecule has 0 spiro atoms. The third kappa shape index (κ3) is 6.83. The molecule has 0 aliphatic carbocycles. The van der Waals surface area contributed by atoms with Crippen LogP contribution in [0.1, 0.15) is 0 Å². The molecule has 0 aliphatic rings. The Bertz CT molecular complexity index is 525. The minimum Gasteiger partial charge on any atom is -0.358 e. The first-order valence-electron chi connectivity index (χ1n) is 3.60. The maximum Gasteiger partial charge on any atom is 0.446 e. The zero-order chi connectivity index (χ0) is 12.4. The summed E-state index contributed by atoms with van der Waals surface area (Å²) < 4.78 is 66.3. The first-order chi connectivity index (χ1) is 7.17. The molecule has 0 aliphatic heterocycles. The van der Waals surface area contributed by atoms with Crippen molar-refractivity contribution in [3.05, 3.63) is 24.3 Å². The topological polar surface area (TPSA) is 127 Å². The van der Waals surface area contributed by atoms with Crippen molar-refractivity contribution in [2.45, 2.75) is 0 Å². The van der Waals surface area contributed by atoms with Crippen molar-refractivity contribution >= 4 is 50.4 Å². The number of benzene rings is 1. The molecule has 8 nitrogen and oxygen atoms in total. The third-order valence-corrected chi connectivity index (χ3v) is 2.02. The first kappa shape index (κ1) is 16.6. The summed E-state index contributed by atoms with van der Waals surface area (Å²) in [5.74, 6) is -1.16. The fourth-order valence-corrected chi connectivity index (χ4v) is 1.54. The summed E-state index contributed by atoms with van der Waals surface area (Å²) in [4.78, 5) is 0. The van der Waals surface area contributed by atoms with E-state index in [0.717, 1.165) is 12.1 Å². The van der Waals surface area contributed by atoms with Crippen LogP contribution in [0.5, 0.6) is 11.5 Å². The second-order valence-electron chi connectivity index (χ2n) is 2.47. The normalized spacial score (nSPS) is 11.4. The largest absolute Gasteiger partial charge is 0.446 e. The van der Waals surface area contributed by atoms with E-state index in [1.54, 1.807) is 0 Å². The maximum atomic E-state index is 10.4. The summed E-state index contributed by atoms with van der Waals surface area (Å²) in [6.07, 6.45) is 0. The van der Waals surface area contributed by atoms with Gasteiger partial charge >= 0.3 is 20.8 Å². The van der Waals surface area contributed by atoms with E-state index < -0.39 is 32.3 Å². The summed E-state index contributed by atoms with van der Waals surface area (Å²) in [7, 11) is -9.62. The van der Waals surface area contributed by atoms with Crippen molar-refractivity contribution in [1.82, 2.24) is 0 Å². The van der Waals surface area contributed by atoms with Crippen molar-refractivity contribution in [2.75, 3.05) is 0 Å². The van der Waals surface area contributed by atoms with Crippen LogP contribution in [0, 0.1) is 0 Å². The van der Waals surface area contributed by atoms with Crippen molar-refractivity contribution in [2.24, 2.45) is 0 Å². The number of rotatable bonds is 4. The van der Waals surface area contributed by atoms with E-state index in [2.05, 4.69) is 8.37 Å². The quantitative estimate of drug-likeness (QED) is 0.570. The van der Waals surface area contributed by atoms with Crippen molar-refractivity contribution in [1.29, 1.82) is 0 Å². The van der Waals surface area contributed by atoms with Gasteiger partial charge in [-0.15, -0.1) is 0 Å². The van der Waals surface area contributed by atoms with Crippen LogP contribution in [-0.4, -0.2) is 55.5 Å². The van der Waals surface area contributed by atoms with Crippen LogP contribution in [0.25, 0.3) is 0 Å². The van der Waals surface area contributed by atoms with Crippen molar-refractivity contribution < 1.29 is 34.3 Å². The molecule has 11 heteroatoms. The van der Waals surface area contributed by atoms with E-state index in [-0.39, 0.29) is 29.6 Å². The van der Waals surface area contributed by atoms with Gasteiger partial charge < -0.3 is 8.37 Å². The Morgan fingerprint density at radius 1 is 0.824 bits per heavy atom. The summed E-state index contributed by atoms with van der Waals surface area (Å²) in [6, 6.07) is 4.65. The summed E-state index contributed by atoms with van der Waals surface area (Å²) in [5, 5.41) is 0. The van der Waals surface area contributed by atoms with Gasteiger partial charge in [0.05, 0.1) is 0 Å². The molecule has 0 heterocycles. The smallest absolute Gasteiger partial charge is 0.358 e. The van der Waals surface area contributed by atoms with Crippen LogP contribution in [-0.2, 0) is 20.8 Å². The zero-order valence-electron chi connectivity index (χ0n) is 8.47. The monoisotopic (exact) mass is 293 g/mol. The second-order valence-corrected chi connectivity index (χ2v) is 4.51. The van der Waals surface area contributed by atoms with E-state index in [0.29, 0.717) is 0 Å². The van der Waals surface area contributed by atoms with Crippen LogP contribution >= 0.6 is 0 Å². The number of para-hydroxylation sites is 2. The molecular formula is C6H6NaO8S2. The molecule has 0 amide bonds. The Morgan fingerprint density at radius 2 is 1.12 bits per heavy atom. The van der Waals surface area contributed by atoms with Gasteiger partial charge in [-0.2, -0.15) is 16.8 Å². The van der Waals surface area contributed by atoms with Gasteiger partial charge in [-0.25, -0.2) is 0 Å². The molecule has 0 saturated heterocycles. The molecule has 91 valence electrons. The fourth-order valence-electron chi connectivity index (χ4n) is 0.815. The molecule has 1 aromatic carbocycles. The van der Waals surface area contributed by atoms with Gasteiger partial charge in [0, 0.05) is 29.6 Å². The molecule has 1 rings (SSSR count). The summed E-state index contributed by atoms with van der Waals surface area (Å²) in [6.45, 7) is 0. The van der Waals surface area contributed by atoms with E-state index in [4.69, 9.17) is 9.11 Å². The van der Waals surface area contributed by atoms with Crippen LogP contribution in [0.15, 0.2) is 24.3 Å². The molecule has 0 saturated carbocycles. The van der Waals surface area contributed by atoms with Gasteiger partial charge in [0.1, 0.15) is 0 Å². The average molecular weight is 293 g/mol. The SMILES string of the molecule is O=S(=O)(O)Oc1ccccc1OS(=O)(=O)O.[Na]. The molecule has 0 bridgehead atoms. The number of hydrogen-bond acceptors (Lipinski definition) is 6. The Hall–Kier alpha value is -0.360. The van der Waals surface area contributed by atoms with E-state index in [1.165, 1.54) is 12.1 Å². The zero-order valence-corrected chi connectivity index (χ0v) is 12.1. The van der Waals surface area contributed by atoms with Gasteiger partial charge in [0.2, 0.25) is 0 Å². The van der Waals surface area contributed by atoms with E-state index in [1.807, 2.05) is 0 Å². The molecule has 1 radical (unpaired) electrons. The van der Waals surface area contributed by atoms with Crippen LogP contribution < -0.4 is 8.37 Å². The Balaban J connectivity index is 0.00000256. The average Bonchev–Trinajstić information content (AvgIpc) is 2.03. The summed E-state index contributed by atoms with van der Waals surface area (Å²) in [5.41, 5.74) is 0. The van der Waals surface area contributed by atoms with Crippen molar-refractivity contribution in [3.63, 3.8) is 0 Å². The molecular weight excluding hydrogens is 287 g/mol. The Labute approximate surface area is 120 Å². The van der Waals surface area contributed by atoms with Gasteiger partial charge in [0.15, 0.2) is 11.5 Å². The third-order valence-electron chi connectivity index (χ3n) is 1.24. The van der Waals surface area contributed by atoms with Crippen molar-refractivity contribution in [3.8, 4) is 11.5 Å². The van der Waals surface area contributed by atoms with E-state index in [9.17, 15) is 16.8 Å². The molecule has 0 fully saturated rings. The second kappa shape index (κ2) is 6.00. The molecule has 1 aromatic rings. The van der Waals surface area contributed by atoms with Crippen LogP contribution in [0.3, 0.4) is 0 Å². The van der Waals surface area contributed by atoms with Gasteiger partial charge in [0.25, 0.3) is 0 Å². The summed E-state index contributed by atoms with van der Waals surface area (Å²) >= 11 is 0. The van der Waals surface area contributed by atoms with Crippen LogP contribution in [0.2, 0.25) is 0 Å². The predicted octanol–water partition coefficient (Wildman–Crippen LogP) is -0.331. The molecule has 0 unspecified atom stereocenters. The Morgan fingerprint density at radius 3 is 1.35 bits per heavy atom. The van der Waals surface area contributed by atoms with Gasteiger partial charge in [-0.05, 0) is 12.1 Å². The minimum atomic E-state index is -4.81.